The van der Waals surface area contributed by atoms with E-state index in [1.165, 1.54) is 43.4 Å². The highest BCUT2D eigenvalue weighted by atomic mass is 15.1. The maximum absolute atomic E-state index is 3.63. The third-order valence-electron chi connectivity index (χ3n) is 4.47. The van der Waals surface area contributed by atoms with Gasteiger partial charge in [-0.1, -0.05) is 49.6 Å². The molecule has 0 aliphatic heterocycles. The van der Waals surface area contributed by atoms with Crippen molar-refractivity contribution in [1.29, 1.82) is 0 Å². The number of nitrogens with zero attached hydrogens (tertiary/aromatic N) is 1. The molecule has 0 bridgehead atoms. The lowest BCUT2D eigenvalue weighted by molar-refractivity contribution is 0.250. The van der Waals surface area contributed by atoms with Crippen LogP contribution >= 0.6 is 0 Å². The van der Waals surface area contributed by atoms with E-state index in [0.717, 1.165) is 19.0 Å². The van der Waals surface area contributed by atoms with Gasteiger partial charge in [0.25, 0.3) is 0 Å². The summed E-state index contributed by atoms with van der Waals surface area (Å²) in [6.07, 6.45) is 5.74. The summed E-state index contributed by atoms with van der Waals surface area (Å²) in [6, 6.07) is 9.43. The van der Waals surface area contributed by atoms with Gasteiger partial charge in [-0.15, -0.1) is 0 Å². The SMILES string of the molecule is CCNC(CN(C)CC1CCCC1)c1ccc(C)cc1. The van der Waals surface area contributed by atoms with Crippen LogP contribution in [0.15, 0.2) is 24.3 Å². The number of hydrogen-bond acceptors (Lipinski definition) is 2. The van der Waals surface area contributed by atoms with E-state index in [0.29, 0.717) is 6.04 Å². The molecule has 0 saturated heterocycles. The van der Waals surface area contributed by atoms with Gasteiger partial charge in [-0.25, -0.2) is 0 Å². The van der Waals surface area contributed by atoms with Gasteiger partial charge in [-0.3, -0.25) is 0 Å². The quantitative estimate of drug-likeness (QED) is 0.814. The highest BCUT2D eigenvalue weighted by molar-refractivity contribution is 5.24. The van der Waals surface area contributed by atoms with Crippen LogP contribution in [-0.2, 0) is 0 Å². The number of rotatable bonds is 7. The Hall–Kier alpha value is -0.860. The summed E-state index contributed by atoms with van der Waals surface area (Å²) >= 11 is 0. The average molecular weight is 274 g/mol. The van der Waals surface area contributed by atoms with Crippen LogP contribution in [0.2, 0.25) is 0 Å². The Morgan fingerprint density at radius 2 is 1.85 bits per heavy atom. The molecule has 1 fully saturated rings. The van der Waals surface area contributed by atoms with Gasteiger partial charge in [0.05, 0.1) is 0 Å². The lowest BCUT2D eigenvalue weighted by Gasteiger charge is -2.27. The summed E-state index contributed by atoms with van der Waals surface area (Å²) in [4.78, 5) is 2.52. The highest BCUT2D eigenvalue weighted by Gasteiger charge is 2.19. The van der Waals surface area contributed by atoms with Gasteiger partial charge in [0, 0.05) is 19.1 Å². The third kappa shape index (κ3) is 4.60. The van der Waals surface area contributed by atoms with Crippen molar-refractivity contribution in [2.24, 2.45) is 5.92 Å². The molecule has 112 valence electrons. The standard InChI is InChI=1S/C18H30N2/c1-4-19-18(17-11-9-15(2)10-12-17)14-20(3)13-16-7-5-6-8-16/h9-12,16,18-19H,4-8,13-14H2,1-3H3. The number of nitrogens with one attached hydrogen (secondary N) is 1. The van der Waals surface area contributed by atoms with Crippen molar-refractivity contribution in [2.45, 2.75) is 45.6 Å². The maximum atomic E-state index is 3.63. The Bertz CT molecular complexity index is 379. The van der Waals surface area contributed by atoms with Crippen molar-refractivity contribution in [3.05, 3.63) is 35.4 Å². The summed E-state index contributed by atoms with van der Waals surface area (Å²) in [6.45, 7) is 7.73. The van der Waals surface area contributed by atoms with Crippen LogP contribution < -0.4 is 5.32 Å². The number of likely N-dealkylation sites (N-methyl/N-ethyl adjacent to an activating group) is 2. The molecule has 1 aliphatic carbocycles. The van der Waals surface area contributed by atoms with E-state index in [-0.39, 0.29) is 0 Å². The van der Waals surface area contributed by atoms with E-state index in [1.54, 1.807) is 0 Å². The molecule has 1 saturated carbocycles. The minimum absolute atomic E-state index is 0.451. The first-order valence-corrected chi connectivity index (χ1v) is 8.17. The fraction of sp³-hybridized carbons (Fsp3) is 0.667. The van der Waals surface area contributed by atoms with Crippen LogP contribution in [0.4, 0.5) is 0 Å². The summed E-state index contributed by atoms with van der Waals surface area (Å²) in [5.41, 5.74) is 2.75. The Kier molecular flexibility index (Phi) is 6.06. The Labute approximate surface area is 124 Å². The van der Waals surface area contributed by atoms with Crippen molar-refractivity contribution in [1.82, 2.24) is 10.2 Å². The monoisotopic (exact) mass is 274 g/mol. The van der Waals surface area contributed by atoms with Crippen LogP contribution in [0.1, 0.15) is 49.8 Å². The molecule has 0 spiro atoms. The number of hydrogen-bond donors (Lipinski definition) is 1. The van der Waals surface area contributed by atoms with Gasteiger partial charge < -0.3 is 10.2 Å². The second-order valence-electron chi connectivity index (χ2n) is 6.39. The lowest BCUT2D eigenvalue weighted by Crippen LogP contribution is -2.35. The van der Waals surface area contributed by atoms with Gasteiger partial charge >= 0.3 is 0 Å². The van der Waals surface area contributed by atoms with Crippen LogP contribution in [0.3, 0.4) is 0 Å². The van der Waals surface area contributed by atoms with Gasteiger partial charge in [0.2, 0.25) is 0 Å². The maximum Gasteiger partial charge on any atom is 0.0449 e. The summed E-state index contributed by atoms with van der Waals surface area (Å²) in [5, 5.41) is 3.63. The Morgan fingerprint density at radius 3 is 2.45 bits per heavy atom. The molecule has 1 unspecified atom stereocenters. The van der Waals surface area contributed by atoms with E-state index in [2.05, 4.69) is 55.4 Å². The zero-order chi connectivity index (χ0) is 14.4. The molecule has 0 amide bonds. The largest absolute Gasteiger partial charge is 0.309 e. The van der Waals surface area contributed by atoms with Crippen molar-refractivity contribution >= 4 is 0 Å². The molecule has 1 aromatic carbocycles. The molecule has 1 N–H and O–H groups in total. The fourth-order valence-electron chi connectivity index (χ4n) is 3.35. The van der Waals surface area contributed by atoms with Crippen molar-refractivity contribution < 1.29 is 0 Å². The fourth-order valence-corrected chi connectivity index (χ4v) is 3.35. The van der Waals surface area contributed by atoms with Crippen molar-refractivity contribution in [3.8, 4) is 0 Å². The van der Waals surface area contributed by atoms with Crippen molar-refractivity contribution in [3.63, 3.8) is 0 Å². The van der Waals surface area contributed by atoms with E-state index in [1.807, 2.05) is 0 Å². The average Bonchev–Trinajstić information content (AvgIpc) is 2.92. The predicted octanol–water partition coefficient (Wildman–Crippen LogP) is 3.77. The zero-order valence-corrected chi connectivity index (χ0v) is 13.4. The minimum atomic E-state index is 0.451. The minimum Gasteiger partial charge on any atom is -0.309 e. The Morgan fingerprint density at radius 1 is 1.20 bits per heavy atom. The molecule has 0 heterocycles. The molecule has 1 aromatic rings. The van der Waals surface area contributed by atoms with Crippen LogP contribution in [0, 0.1) is 12.8 Å². The van der Waals surface area contributed by atoms with E-state index in [4.69, 9.17) is 0 Å². The third-order valence-corrected chi connectivity index (χ3v) is 4.47. The summed E-state index contributed by atoms with van der Waals surface area (Å²) < 4.78 is 0. The molecule has 0 radical (unpaired) electrons. The first kappa shape index (κ1) is 15.5. The van der Waals surface area contributed by atoms with Crippen LogP contribution in [0.25, 0.3) is 0 Å². The summed E-state index contributed by atoms with van der Waals surface area (Å²) in [7, 11) is 2.27. The molecule has 20 heavy (non-hydrogen) atoms. The molecule has 2 nitrogen and oxygen atoms in total. The normalized spacial score (nSPS) is 17.8. The topological polar surface area (TPSA) is 15.3 Å². The van der Waals surface area contributed by atoms with E-state index < -0.39 is 0 Å². The van der Waals surface area contributed by atoms with Gasteiger partial charge in [-0.2, -0.15) is 0 Å². The molecule has 0 aromatic heterocycles. The molecule has 1 aliphatic rings. The first-order valence-electron chi connectivity index (χ1n) is 8.17. The second-order valence-corrected chi connectivity index (χ2v) is 6.39. The lowest BCUT2D eigenvalue weighted by atomic mass is 10.0. The van der Waals surface area contributed by atoms with Gasteiger partial charge in [0.15, 0.2) is 0 Å². The van der Waals surface area contributed by atoms with Gasteiger partial charge in [-0.05, 0) is 44.8 Å². The zero-order valence-electron chi connectivity index (χ0n) is 13.4. The molecule has 2 heteroatoms. The molecule has 1 atom stereocenters. The van der Waals surface area contributed by atoms with E-state index in [9.17, 15) is 0 Å². The first-order chi connectivity index (χ1) is 9.69. The predicted molar refractivity (Wildman–Crippen MR) is 87.1 cm³/mol. The molecule has 2 rings (SSSR count). The van der Waals surface area contributed by atoms with E-state index >= 15 is 0 Å². The van der Waals surface area contributed by atoms with Crippen molar-refractivity contribution in [2.75, 3.05) is 26.7 Å². The number of benzene rings is 1. The number of aryl methyl sites for hydroxylation is 1. The molecular formula is C18H30N2. The van der Waals surface area contributed by atoms with Gasteiger partial charge in [0.1, 0.15) is 0 Å². The summed E-state index contributed by atoms with van der Waals surface area (Å²) in [5.74, 6) is 0.931. The van der Waals surface area contributed by atoms with Crippen LogP contribution in [0.5, 0.6) is 0 Å². The Balaban J connectivity index is 1.92. The van der Waals surface area contributed by atoms with Crippen LogP contribution in [-0.4, -0.2) is 31.6 Å². The molecular weight excluding hydrogens is 244 g/mol. The smallest absolute Gasteiger partial charge is 0.0449 e. The second kappa shape index (κ2) is 7.80. The highest BCUT2D eigenvalue weighted by Crippen LogP contribution is 2.25.